The summed E-state index contributed by atoms with van der Waals surface area (Å²) in [6.45, 7) is 3.79. The number of aryl methyl sites for hydroxylation is 1. The fourth-order valence-electron chi connectivity index (χ4n) is 2.85. The first-order valence-electron chi connectivity index (χ1n) is 7.17. The Labute approximate surface area is 126 Å². The minimum atomic E-state index is -3.81. The van der Waals surface area contributed by atoms with E-state index in [1.807, 2.05) is 6.92 Å². The van der Waals surface area contributed by atoms with Crippen molar-refractivity contribution in [2.24, 2.45) is 5.14 Å². The highest BCUT2D eigenvalue weighted by Gasteiger charge is 2.29. The maximum atomic E-state index is 12.4. The van der Waals surface area contributed by atoms with Crippen LogP contribution in [0.2, 0.25) is 0 Å². The predicted molar refractivity (Wildman–Crippen MR) is 81.5 cm³/mol. The van der Waals surface area contributed by atoms with Crippen LogP contribution in [-0.2, 0) is 10.0 Å². The Morgan fingerprint density at radius 2 is 1.81 bits per heavy atom. The number of rotatable bonds is 3. The molecule has 0 saturated heterocycles. The van der Waals surface area contributed by atoms with E-state index >= 15 is 0 Å². The molecule has 0 unspecified atom stereocenters. The van der Waals surface area contributed by atoms with Crippen molar-refractivity contribution in [3.63, 3.8) is 0 Å². The van der Waals surface area contributed by atoms with Crippen molar-refractivity contribution in [1.82, 2.24) is 5.32 Å². The Morgan fingerprint density at radius 3 is 2.38 bits per heavy atom. The van der Waals surface area contributed by atoms with Gasteiger partial charge < -0.3 is 5.32 Å². The minimum absolute atomic E-state index is 0.0264. The van der Waals surface area contributed by atoms with Crippen molar-refractivity contribution in [2.45, 2.75) is 56.4 Å². The molecule has 1 aliphatic carbocycles. The molecule has 0 bridgehead atoms. The summed E-state index contributed by atoms with van der Waals surface area (Å²) in [6.07, 6.45) is 5.31. The number of primary sulfonamides is 1. The lowest BCUT2D eigenvalue weighted by Gasteiger charge is -2.34. The Bertz CT molecular complexity index is 647. The third kappa shape index (κ3) is 4.04. The zero-order valence-corrected chi connectivity index (χ0v) is 13.3. The quantitative estimate of drug-likeness (QED) is 0.896. The number of sulfonamides is 1. The van der Waals surface area contributed by atoms with Crippen LogP contribution in [0.25, 0.3) is 0 Å². The van der Waals surface area contributed by atoms with Crippen molar-refractivity contribution in [2.75, 3.05) is 0 Å². The number of nitrogens with one attached hydrogen (secondary N) is 1. The Hall–Kier alpha value is -1.40. The van der Waals surface area contributed by atoms with E-state index in [0.717, 1.165) is 25.7 Å². The number of carbonyl (C=O) groups excluding carboxylic acids is 1. The summed E-state index contributed by atoms with van der Waals surface area (Å²) in [5.74, 6) is -0.243. The lowest BCUT2D eigenvalue weighted by molar-refractivity contribution is 0.0882. The third-order valence-electron chi connectivity index (χ3n) is 4.01. The summed E-state index contributed by atoms with van der Waals surface area (Å²) in [6, 6.07) is 4.48. The molecule has 21 heavy (non-hydrogen) atoms. The van der Waals surface area contributed by atoms with Crippen molar-refractivity contribution in [3.8, 4) is 0 Å². The SMILES string of the molecule is Cc1cc(C(=O)NC2(C)CCCCC2)cc(S(N)(=O)=O)c1. The van der Waals surface area contributed by atoms with Gasteiger partial charge in [0.1, 0.15) is 0 Å². The van der Waals surface area contributed by atoms with E-state index in [2.05, 4.69) is 5.32 Å². The van der Waals surface area contributed by atoms with Crippen molar-refractivity contribution >= 4 is 15.9 Å². The van der Waals surface area contributed by atoms with Crippen LogP contribution in [0.4, 0.5) is 0 Å². The van der Waals surface area contributed by atoms with Crippen LogP contribution >= 0.6 is 0 Å². The molecule has 1 fully saturated rings. The van der Waals surface area contributed by atoms with Crippen molar-refractivity contribution in [3.05, 3.63) is 29.3 Å². The fourth-order valence-corrected chi connectivity index (χ4v) is 3.49. The molecule has 5 nitrogen and oxygen atoms in total. The van der Waals surface area contributed by atoms with Crippen LogP contribution in [0.3, 0.4) is 0 Å². The molecule has 0 radical (unpaired) electrons. The number of hydrogen-bond acceptors (Lipinski definition) is 3. The Kier molecular flexibility index (Phi) is 4.39. The monoisotopic (exact) mass is 310 g/mol. The van der Waals surface area contributed by atoms with Gasteiger partial charge in [-0.25, -0.2) is 13.6 Å². The maximum absolute atomic E-state index is 12.4. The predicted octanol–water partition coefficient (Wildman–Crippen LogP) is 2.10. The van der Waals surface area contributed by atoms with Gasteiger partial charge in [-0.1, -0.05) is 19.3 Å². The largest absolute Gasteiger partial charge is 0.347 e. The summed E-state index contributed by atoms with van der Waals surface area (Å²) < 4.78 is 22.9. The smallest absolute Gasteiger partial charge is 0.251 e. The average molecular weight is 310 g/mol. The van der Waals surface area contributed by atoms with Crippen LogP contribution in [0.5, 0.6) is 0 Å². The highest BCUT2D eigenvalue weighted by atomic mass is 32.2. The van der Waals surface area contributed by atoms with Crippen LogP contribution < -0.4 is 10.5 Å². The van der Waals surface area contributed by atoms with Crippen LogP contribution in [0.1, 0.15) is 54.9 Å². The zero-order valence-electron chi connectivity index (χ0n) is 12.5. The van der Waals surface area contributed by atoms with Crippen molar-refractivity contribution < 1.29 is 13.2 Å². The first kappa shape index (κ1) is 16.0. The molecule has 0 heterocycles. The number of benzene rings is 1. The second-order valence-electron chi connectivity index (χ2n) is 6.16. The molecule has 116 valence electrons. The molecule has 0 aromatic heterocycles. The number of amides is 1. The van der Waals surface area contributed by atoms with Gasteiger partial charge in [-0.15, -0.1) is 0 Å². The summed E-state index contributed by atoms with van der Waals surface area (Å²) in [5.41, 5.74) is 0.826. The first-order valence-corrected chi connectivity index (χ1v) is 8.71. The maximum Gasteiger partial charge on any atom is 0.251 e. The third-order valence-corrected chi connectivity index (χ3v) is 4.91. The highest BCUT2D eigenvalue weighted by molar-refractivity contribution is 7.89. The fraction of sp³-hybridized carbons (Fsp3) is 0.533. The van der Waals surface area contributed by atoms with E-state index in [-0.39, 0.29) is 16.3 Å². The molecule has 3 N–H and O–H groups in total. The summed E-state index contributed by atoms with van der Waals surface area (Å²) in [7, 11) is -3.81. The van der Waals surface area contributed by atoms with E-state index in [4.69, 9.17) is 5.14 Å². The van der Waals surface area contributed by atoms with Gasteiger partial charge in [-0.2, -0.15) is 0 Å². The molecule has 1 saturated carbocycles. The van der Waals surface area contributed by atoms with Crippen LogP contribution in [0.15, 0.2) is 23.1 Å². The number of hydrogen-bond donors (Lipinski definition) is 2. The molecule has 1 aliphatic rings. The Balaban J connectivity index is 2.25. The van der Waals surface area contributed by atoms with Gasteiger partial charge in [0.2, 0.25) is 10.0 Å². The van der Waals surface area contributed by atoms with E-state index in [1.165, 1.54) is 18.6 Å². The van der Waals surface area contributed by atoms with Crippen LogP contribution in [0, 0.1) is 6.92 Å². The molecule has 2 rings (SSSR count). The highest BCUT2D eigenvalue weighted by Crippen LogP contribution is 2.28. The first-order chi connectivity index (χ1) is 9.70. The Morgan fingerprint density at radius 1 is 1.19 bits per heavy atom. The number of nitrogens with two attached hydrogens (primary N) is 1. The van der Waals surface area contributed by atoms with Crippen LogP contribution in [-0.4, -0.2) is 19.9 Å². The van der Waals surface area contributed by atoms with Gasteiger partial charge in [0.05, 0.1) is 4.90 Å². The molecule has 1 aromatic rings. The van der Waals surface area contributed by atoms with Gasteiger partial charge in [0.25, 0.3) is 5.91 Å². The summed E-state index contributed by atoms with van der Waals surface area (Å²) in [4.78, 5) is 12.4. The van der Waals surface area contributed by atoms with E-state index in [9.17, 15) is 13.2 Å². The van der Waals surface area contributed by atoms with Gasteiger partial charge in [0.15, 0.2) is 0 Å². The molecular formula is C15H22N2O3S. The van der Waals surface area contributed by atoms with Gasteiger partial charge in [0, 0.05) is 11.1 Å². The van der Waals surface area contributed by atoms with Gasteiger partial charge >= 0.3 is 0 Å². The zero-order chi connectivity index (χ0) is 15.7. The van der Waals surface area contributed by atoms with E-state index < -0.39 is 10.0 Å². The van der Waals surface area contributed by atoms with Crippen molar-refractivity contribution in [1.29, 1.82) is 0 Å². The average Bonchev–Trinajstić information content (AvgIpc) is 2.37. The van der Waals surface area contributed by atoms with E-state index in [1.54, 1.807) is 13.0 Å². The van der Waals surface area contributed by atoms with Gasteiger partial charge in [-0.3, -0.25) is 4.79 Å². The molecule has 1 amide bonds. The normalized spacial score (nSPS) is 18.2. The second-order valence-corrected chi connectivity index (χ2v) is 7.72. The number of carbonyl (C=O) groups is 1. The second kappa shape index (κ2) is 5.77. The molecule has 0 atom stereocenters. The molecule has 1 aromatic carbocycles. The summed E-state index contributed by atoms with van der Waals surface area (Å²) >= 11 is 0. The minimum Gasteiger partial charge on any atom is -0.347 e. The molecule has 0 spiro atoms. The molecule has 6 heteroatoms. The van der Waals surface area contributed by atoms with E-state index in [0.29, 0.717) is 11.1 Å². The van der Waals surface area contributed by atoms with Gasteiger partial charge in [-0.05, 0) is 50.5 Å². The topological polar surface area (TPSA) is 89.3 Å². The summed E-state index contributed by atoms with van der Waals surface area (Å²) in [5, 5.41) is 8.19. The standard InChI is InChI=1S/C15H22N2O3S/c1-11-8-12(10-13(9-11)21(16,19)20)14(18)17-15(2)6-4-3-5-7-15/h8-10H,3-7H2,1-2H3,(H,17,18)(H2,16,19,20). The molecular weight excluding hydrogens is 288 g/mol. The lowest BCUT2D eigenvalue weighted by atomic mass is 9.83. The molecule has 0 aliphatic heterocycles. The lowest BCUT2D eigenvalue weighted by Crippen LogP contribution is -2.47.